The Bertz CT molecular complexity index is 518. The number of rotatable bonds is 8. The molecular formula is C18H23ClFNS. The quantitative estimate of drug-likeness (QED) is 0.500. The Morgan fingerprint density at radius 3 is 2.27 bits per heavy atom. The van der Waals surface area contributed by atoms with Crippen LogP contribution in [0.25, 0.3) is 0 Å². The first kappa shape index (κ1) is 19.0. The van der Waals surface area contributed by atoms with Crippen molar-refractivity contribution in [3.63, 3.8) is 0 Å². The standard InChI is InChI=1S/C18H22FNS.ClH/c19-16-12-10-15(11-13-16)18(20)9-5-2-6-14-21-17-7-3-1-4-8-17;/h1,3-4,7-8,10-13,18H,2,5-6,9,14,20H2;1H. The first-order chi connectivity index (χ1) is 10.3. The second-order valence-corrected chi connectivity index (χ2v) is 6.34. The third-order valence-electron chi connectivity index (χ3n) is 3.47. The van der Waals surface area contributed by atoms with Gasteiger partial charge in [0, 0.05) is 10.9 Å². The monoisotopic (exact) mass is 339 g/mol. The highest BCUT2D eigenvalue weighted by Crippen LogP contribution is 2.21. The van der Waals surface area contributed by atoms with Crippen molar-refractivity contribution < 1.29 is 4.39 Å². The molecule has 0 aliphatic heterocycles. The zero-order valence-electron chi connectivity index (χ0n) is 12.6. The summed E-state index contributed by atoms with van der Waals surface area (Å²) in [6, 6.07) is 17.0. The minimum atomic E-state index is -0.205. The molecule has 0 saturated heterocycles. The molecule has 0 heterocycles. The van der Waals surface area contributed by atoms with E-state index < -0.39 is 0 Å². The Hall–Kier alpha value is -1.03. The van der Waals surface area contributed by atoms with Gasteiger partial charge in [-0.1, -0.05) is 43.2 Å². The number of thioether (sulfide) groups is 1. The van der Waals surface area contributed by atoms with Crippen molar-refractivity contribution in [1.29, 1.82) is 0 Å². The maximum Gasteiger partial charge on any atom is 0.123 e. The van der Waals surface area contributed by atoms with Gasteiger partial charge >= 0.3 is 0 Å². The fraction of sp³-hybridized carbons (Fsp3) is 0.333. The number of benzene rings is 2. The third kappa shape index (κ3) is 6.82. The molecule has 0 aliphatic carbocycles. The van der Waals surface area contributed by atoms with E-state index in [1.807, 2.05) is 17.8 Å². The summed E-state index contributed by atoms with van der Waals surface area (Å²) in [6.07, 6.45) is 4.47. The zero-order chi connectivity index (χ0) is 14.9. The lowest BCUT2D eigenvalue weighted by atomic mass is 10.0. The predicted octanol–water partition coefficient (Wildman–Crippen LogP) is 5.60. The minimum Gasteiger partial charge on any atom is -0.324 e. The Kier molecular flexibility index (Phi) is 9.21. The molecule has 0 aromatic heterocycles. The van der Waals surface area contributed by atoms with Gasteiger partial charge in [-0.3, -0.25) is 0 Å². The highest BCUT2D eigenvalue weighted by Gasteiger charge is 2.05. The first-order valence-corrected chi connectivity index (χ1v) is 8.43. The molecule has 2 rings (SSSR count). The molecule has 0 bridgehead atoms. The predicted molar refractivity (Wildman–Crippen MR) is 96.2 cm³/mol. The van der Waals surface area contributed by atoms with E-state index in [-0.39, 0.29) is 24.3 Å². The van der Waals surface area contributed by atoms with Crippen molar-refractivity contribution in [2.45, 2.75) is 36.6 Å². The average molecular weight is 340 g/mol. The SMILES string of the molecule is Cl.NC(CCCCCSc1ccccc1)c1ccc(F)cc1. The summed E-state index contributed by atoms with van der Waals surface area (Å²) < 4.78 is 12.8. The molecule has 2 aromatic rings. The Morgan fingerprint density at radius 1 is 0.909 bits per heavy atom. The average Bonchev–Trinajstić information content (AvgIpc) is 2.52. The van der Waals surface area contributed by atoms with Gasteiger partial charge in [-0.05, 0) is 48.4 Å². The fourth-order valence-corrected chi connectivity index (χ4v) is 3.16. The van der Waals surface area contributed by atoms with E-state index in [4.69, 9.17) is 5.73 Å². The van der Waals surface area contributed by atoms with Crippen molar-refractivity contribution in [2.24, 2.45) is 5.73 Å². The molecule has 120 valence electrons. The van der Waals surface area contributed by atoms with Gasteiger partial charge in [0.05, 0.1) is 0 Å². The van der Waals surface area contributed by atoms with E-state index in [0.29, 0.717) is 0 Å². The molecule has 22 heavy (non-hydrogen) atoms. The number of hydrogen-bond donors (Lipinski definition) is 1. The summed E-state index contributed by atoms with van der Waals surface area (Å²) in [5.41, 5.74) is 7.15. The van der Waals surface area contributed by atoms with Crippen LogP contribution in [0.5, 0.6) is 0 Å². The van der Waals surface area contributed by atoms with E-state index in [1.54, 1.807) is 12.1 Å². The maximum atomic E-state index is 12.8. The molecule has 4 heteroatoms. The van der Waals surface area contributed by atoms with Crippen LogP contribution in [0, 0.1) is 5.82 Å². The lowest BCUT2D eigenvalue weighted by Crippen LogP contribution is -2.10. The van der Waals surface area contributed by atoms with Gasteiger partial charge in [0.15, 0.2) is 0 Å². The van der Waals surface area contributed by atoms with Gasteiger partial charge in [-0.2, -0.15) is 0 Å². The van der Waals surface area contributed by atoms with Gasteiger partial charge in [0.25, 0.3) is 0 Å². The normalized spacial score (nSPS) is 11.7. The lowest BCUT2D eigenvalue weighted by Gasteiger charge is -2.11. The Morgan fingerprint density at radius 2 is 1.59 bits per heavy atom. The first-order valence-electron chi connectivity index (χ1n) is 7.44. The van der Waals surface area contributed by atoms with Crippen molar-refractivity contribution in [3.05, 3.63) is 66.0 Å². The van der Waals surface area contributed by atoms with Crippen LogP contribution in [-0.4, -0.2) is 5.75 Å². The van der Waals surface area contributed by atoms with Crippen molar-refractivity contribution in [1.82, 2.24) is 0 Å². The zero-order valence-corrected chi connectivity index (χ0v) is 14.2. The lowest BCUT2D eigenvalue weighted by molar-refractivity contribution is 0.579. The van der Waals surface area contributed by atoms with Crippen LogP contribution >= 0.6 is 24.2 Å². The second-order valence-electron chi connectivity index (χ2n) is 5.17. The molecule has 0 spiro atoms. The van der Waals surface area contributed by atoms with Gasteiger partial charge < -0.3 is 5.73 Å². The summed E-state index contributed by atoms with van der Waals surface area (Å²) >= 11 is 1.90. The van der Waals surface area contributed by atoms with Crippen LogP contribution in [0.2, 0.25) is 0 Å². The van der Waals surface area contributed by atoms with Gasteiger partial charge in [0.1, 0.15) is 5.82 Å². The van der Waals surface area contributed by atoms with Crippen LogP contribution in [-0.2, 0) is 0 Å². The highest BCUT2D eigenvalue weighted by atomic mass is 35.5. The van der Waals surface area contributed by atoms with Crippen LogP contribution in [0.3, 0.4) is 0 Å². The fourth-order valence-electron chi connectivity index (χ4n) is 2.23. The molecule has 0 aliphatic rings. The molecule has 0 fully saturated rings. The minimum absolute atomic E-state index is 0. The van der Waals surface area contributed by atoms with Crippen LogP contribution in [0.15, 0.2) is 59.5 Å². The number of halogens is 2. The summed E-state index contributed by atoms with van der Waals surface area (Å²) in [5, 5.41) is 0. The molecule has 2 N–H and O–H groups in total. The van der Waals surface area contributed by atoms with E-state index >= 15 is 0 Å². The van der Waals surface area contributed by atoms with Crippen molar-refractivity contribution in [3.8, 4) is 0 Å². The molecule has 1 atom stereocenters. The highest BCUT2D eigenvalue weighted by molar-refractivity contribution is 7.99. The molecular weight excluding hydrogens is 317 g/mol. The molecule has 0 saturated carbocycles. The van der Waals surface area contributed by atoms with E-state index in [2.05, 4.69) is 24.3 Å². The summed E-state index contributed by atoms with van der Waals surface area (Å²) in [6.45, 7) is 0. The topological polar surface area (TPSA) is 26.0 Å². The van der Waals surface area contributed by atoms with Crippen LogP contribution < -0.4 is 5.73 Å². The third-order valence-corrected chi connectivity index (χ3v) is 4.57. The maximum absolute atomic E-state index is 12.8. The van der Waals surface area contributed by atoms with Gasteiger partial charge in [-0.15, -0.1) is 24.2 Å². The van der Waals surface area contributed by atoms with Crippen molar-refractivity contribution in [2.75, 3.05) is 5.75 Å². The summed E-state index contributed by atoms with van der Waals surface area (Å²) in [7, 11) is 0. The molecule has 1 unspecified atom stereocenters. The Labute approximate surface area is 142 Å². The molecule has 2 aromatic carbocycles. The molecule has 0 amide bonds. The van der Waals surface area contributed by atoms with Gasteiger partial charge in [-0.25, -0.2) is 4.39 Å². The number of nitrogens with two attached hydrogens (primary N) is 1. The van der Waals surface area contributed by atoms with Crippen LogP contribution in [0.1, 0.15) is 37.3 Å². The smallest absolute Gasteiger partial charge is 0.123 e. The van der Waals surface area contributed by atoms with Crippen LogP contribution in [0.4, 0.5) is 4.39 Å². The summed E-state index contributed by atoms with van der Waals surface area (Å²) in [5.74, 6) is 0.944. The largest absolute Gasteiger partial charge is 0.324 e. The van der Waals surface area contributed by atoms with Gasteiger partial charge in [0.2, 0.25) is 0 Å². The van der Waals surface area contributed by atoms with E-state index in [0.717, 1.165) is 24.2 Å². The molecule has 0 radical (unpaired) electrons. The summed E-state index contributed by atoms with van der Waals surface area (Å²) in [4.78, 5) is 1.33. The van der Waals surface area contributed by atoms with E-state index in [9.17, 15) is 4.39 Å². The Balaban J connectivity index is 0.00000242. The van der Waals surface area contributed by atoms with E-state index in [1.165, 1.54) is 29.9 Å². The number of hydrogen-bond acceptors (Lipinski definition) is 2. The molecule has 1 nitrogen and oxygen atoms in total. The number of unbranched alkanes of at least 4 members (excludes halogenated alkanes) is 2. The second kappa shape index (κ2) is 10.7. The van der Waals surface area contributed by atoms with Crippen molar-refractivity contribution >= 4 is 24.2 Å².